The molecule has 7 nitrogen and oxygen atoms in total. The van der Waals surface area contributed by atoms with Crippen LogP contribution in [0.5, 0.6) is 0 Å². The van der Waals surface area contributed by atoms with Crippen LogP contribution < -0.4 is 10.6 Å². The Balaban J connectivity index is 2.49. The quantitative estimate of drug-likeness (QED) is 0.694. The van der Waals surface area contributed by atoms with E-state index < -0.39 is 12.0 Å². The molecule has 1 aliphatic rings. The average molecular weight is 299 g/mol. The van der Waals surface area contributed by atoms with Gasteiger partial charge in [-0.25, -0.2) is 9.59 Å². The number of rotatable bonds is 5. The zero-order chi connectivity index (χ0) is 16.0. The molecule has 3 amide bonds. The third-order valence-electron chi connectivity index (χ3n) is 3.70. The van der Waals surface area contributed by atoms with Gasteiger partial charge >= 0.3 is 12.0 Å². The van der Waals surface area contributed by atoms with Crippen molar-refractivity contribution in [2.24, 2.45) is 11.8 Å². The Morgan fingerprint density at radius 1 is 1.24 bits per heavy atom. The van der Waals surface area contributed by atoms with Crippen molar-refractivity contribution in [1.29, 1.82) is 0 Å². The molecule has 1 aliphatic heterocycles. The number of carbonyl (C=O) groups excluding carboxylic acids is 2. The Kier molecular flexibility index (Phi) is 6.45. The van der Waals surface area contributed by atoms with Crippen molar-refractivity contribution in [2.45, 2.75) is 39.2 Å². The Morgan fingerprint density at radius 2 is 1.81 bits per heavy atom. The van der Waals surface area contributed by atoms with Gasteiger partial charge in [-0.3, -0.25) is 4.79 Å². The van der Waals surface area contributed by atoms with Gasteiger partial charge in [0, 0.05) is 26.1 Å². The van der Waals surface area contributed by atoms with Crippen molar-refractivity contribution >= 4 is 17.9 Å². The number of carboxylic acid groups (broad SMARTS) is 1. The average Bonchev–Trinajstić information content (AvgIpc) is 2.45. The predicted octanol–water partition coefficient (Wildman–Crippen LogP) is 0.653. The van der Waals surface area contributed by atoms with Crippen LogP contribution in [0.15, 0.2) is 0 Å². The third kappa shape index (κ3) is 5.24. The van der Waals surface area contributed by atoms with Crippen LogP contribution in [0.4, 0.5) is 4.79 Å². The smallest absolute Gasteiger partial charge is 0.326 e. The number of nitrogens with one attached hydrogen (secondary N) is 2. The van der Waals surface area contributed by atoms with E-state index in [-0.39, 0.29) is 23.8 Å². The molecule has 0 aromatic carbocycles. The summed E-state index contributed by atoms with van der Waals surface area (Å²) < 4.78 is 0. The summed E-state index contributed by atoms with van der Waals surface area (Å²) in [5.74, 6) is -0.897. The molecular formula is C14H25N3O4. The van der Waals surface area contributed by atoms with Crippen molar-refractivity contribution in [2.75, 3.05) is 20.1 Å². The lowest BCUT2D eigenvalue weighted by atomic mass is 9.96. The Hall–Kier alpha value is -1.79. The lowest BCUT2D eigenvalue weighted by Gasteiger charge is -2.32. The number of hydrogen-bond acceptors (Lipinski definition) is 3. The number of urea groups is 1. The molecule has 3 N–H and O–H groups in total. The maximum absolute atomic E-state index is 12.1. The minimum atomic E-state index is -1.02. The highest BCUT2D eigenvalue weighted by atomic mass is 16.4. The largest absolute Gasteiger partial charge is 0.480 e. The van der Waals surface area contributed by atoms with E-state index in [9.17, 15) is 14.4 Å². The molecule has 0 saturated carbocycles. The highest BCUT2D eigenvalue weighted by Crippen LogP contribution is 2.17. The number of likely N-dealkylation sites (tertiary alicyclic amines) is 1. The van der Waals surface area contributed by atoms with Gasteiger partial charge < -0.3 is 20.6 Å². The van der Waals surface area contributed by atoms with Gasteiger partial charge in [0.05, 0.1) is 0 Å². The van der Waals surface area contributed by atoms with Crippen molar-refractivity contribution in [3.8, 4) is 0 Å². The third-order valence-corrected chi connectivity index (χ3v) is 3.70. The Morgan fingerprint density at radius 3 is 2.24 bits per heavy atom. The van der Waals surface area contributed by atoms with Crippen LogP contribution in [0.2, 0.25) is 0 Å². The van der Waals surface area contributed by atoms with E-state index >= 15 is 0 Å². The molecule has 1 saturated heterocycles. The van der Waals surface area contributed by atoms with Crippen molar-refractivity contribution < 1.29 is 19.5 Å². The lowest BCUT2D eigenvalue weighted by molar-refractivity contribution is -0.139. The number of nitrogens with zero attached hydrogens (tertiary/aromatic N) is 1. The van der Waals surface area contributed by atoms with Crippen LogP contribution >= 0.6 is 0 Å². The summed E-state index contributed by atoms with van der Waals surface area (Å²) in [6.07, 6.45) is 1.61. The highest BCUT2D eigenvalue weighted by molar-refractivity contribution is 5.83. The molecule has 120 valence electrons. The summed E-state index contributed by atoms with van der Waals surface area (Å²) in [6, 6.07) is -1.23. The molecule has 7 heteroatoms. The van der Waals surface area contributed by atoms with Gasteiger partial charge in [0.2, 0.25) is 5.91 Å². The monoisotopic (exact) mass is 299 g/mol. The van der Waals surface area contributed by atoms with Crippen LogP contribution in [0.1, 0.15) is 33.1 Å². The number of amides is 3. The first-order valence-corrected chi connectivity index (χ1v) is 7.35. The van der Waals surface area contributed by atoms with Crippen molar-refractivity contribution in [1.82, 2.24) is 15.5 Å². The second-order valence-corrected chi connectivity index (χ2v) is 5.85. The molecule has 0 bridgehead atoms. The fourth-order valence-corrected chi connectivity index (χ4v) is 2.48. The fourth-order valence-electron chi connectivity index (χ4n) is 2.48. The lowest BCUT2D eigenvalue weighted by Crippen LogP contribution is -2.51. The number of carboxylic acids is 1. The van der Waals surface area contributed by atoms with E-state index in [0.29, 0.717) is 32.4 Å². The summed E-state index contributed by atoms with van der Waals surface area (Å²) in [7, 11) is 1.60. The van der Waals surface area contributed by atoms with Gasteiger partial charge in [0.1, 0.15) is 6.04 Å². The zero-order valence-corrected chi connectivity index (χ0v) is 12.9. The molecule has 0 aromatic rings. The van der Waals surface area contributed by atoms with E-state index in [1.807, 2.05) is 13.8 Å². The molecule has 0 unspecified atom stereocenters. The Bertz CT molecular complexity index is 390. The number of hydrogen-bond donors (Lipinski definition) is 3. The molecular weight excluding hydrogens is 274 g/mol. The van der Waals surface area contributed by atoms with E-state index in [2.05, 4.69) is 10.6 Å². The predicted molar refractivity (Wildman–Crippen MR) is 77.8 cm³/mol. The SMILES string of the molecule is CNC(=O)C1CCN(C(=O)N[C@@H](CC(C)C)C(=O)O)CC1. The first-order chi connectivity index (χ1) is 9.85. The number of carbonyl (C=O) groups is 3. The van der Waals surface area contributed by atoms with Crippen LogP contribution in [0, 0.1) is 11.8 Å². The van der Waals surface area contributed by atoms with Gasteiger partial charge in [-0.05, 0) is 25.2 Å². The molecule has 21 heavy (non-hydrogen) atoms. The molecule has 0 radical (unpaired) electrons. The van der Waals surface area contributed by atoms with Crippen LogP contribution in [-0.2, 0) is 9.59 Å². The fraction of sp³-hybridized carbons (Fsp3) is 0.786. The summed E-state index contributed by atoms with van der Waals surface area (Å²) in [4.78, 5) is 36.3. The summed E-state index contributed by atoms with van der Waals surface area (Å²) >= 11 is 0. The van der Waals surface area contributed by atoms with Crippen LogP contribution in [-0.4, -0.2) is 54.1 Å². The topological polar surface area (TPSA) is 98.7 Å². The van der Waals surface area contributed by atoms with E-state index in [4.69, 9.17) is 5.11 Å². The minimum Gasteiger partial charge on any atom is -0.480 e. The minimum absolute atomic E-state index is 0.00159. The number of aliphatic carboxylic acids is 1. The molecule has 0 aromatic heterocycles. The zero-order valence-electron chi connectivity index (χ0n) is 12.9. The Labute approximate surface area is 125 Å². The second kappa shape index (κ2) is 7.85. The van der Waals surface area contributed by atoms with E-state index in [1.165, 1.54) is 0 Å². The van der Waals surface area contributed by atoms with Crippen molar-refractivity contribution in [3.63, 3.8) is 0 Å². The van der Waals surface area contributed by atoms with Crippen LogP contribution in [0.25, 0.3) is 0 Å². The van der Waals surface area contributed by atoms with Gasteiger partial charge in [-0.15, -0.1) is 0 Å². The number of piperidine rings is 1. The maximum Gasteiger partial charge on any atom is 0.326 e. The first-order valence-electron chi connectivity index (χ1n) is 7.35. The van der Waals surface area contributed by atoms with E-state index in [0.717, 1.165) is 0 Å². The highest BCUT2D eigenvalue weighted by Gasteiger charge is 2.29. The maximum atomic E-state index is 12.1. The summed E-state index contributed by atoms with van der Waals surface area (Å²) in [5, 5.41) is 14.3. The molecule has 1 fully saturated rings. The molecule has 1 rings (SSSR count). The van der Waals surface area contributed by atoms with Gasteiger partial charge in [0.25, 0.3) is 0 Å². The van der Waals surface area contributed by atoms with Gasteiger partial charge in [-0.2, -0.15) is 0 Å². The standard InChI is InChI=1S/C14H25N3O4/c1-9(2)8-11(13(19)20)16-14(21)17-6-4-10(5-7-17)12(18)15-3/h9-11H,4-8H2,1-3H3,(H,15,18)(H,16,21)(H,19,20)/t11-/m0/s1. The first kappa shape index (κ1) is 17.3. The second-order valence-electron chi connectivity index (χ2n) is 5.85. The molecule has 1 atom stereocenters. The van der Waals surface area contributed by atoms with Crippen molar-refractivity contribution in [3.05, 3.63) is 0 Å². The van der Waals surface area contributed by atoms with Gasteiger partial charge in [-0.1, -0.05) is 13.8 Å². The van der Waals surface area contributed by atoms with Crippen LogP contribution in [0.3, 0.4) is 0 Å². The molecule has 1 heterocycles. The van der Waals surface area contributed by atoms with E-state index in [1.54, 1.807) is 11.9 Å². The molecule has 0 spiro atoms. The molecule has 0 aliphatic carbocycles. The normalized spacial score (nSPS) is 17.4. The summed E-state index contributed by atoms with van der Waals surface area (Å²) in [6.45, 7) is 4.77. The summed E-state index contributed by atoms with van der Waals surface area (Å²) in [5.41, 5.74) is 0. The van der Waals surface area contributed by atoms with Gasteiger partial charge in [0.15, 0.2) is 0 Å².